The molecule has 26 heavy (non-hydrogen) atoms. The number of piperazine rings is 1. The van der Waals surface area contributed by atoms with E-state index < -0.39 is 5.97 Å². The Labute approximate surface area is 156 Å². The van der Waals surface area contributed by atoms with Gasteiger partial charge in [-0.1, -0.05) is 18.2 Å². The van der Waals surface area contributed by atoms with Crippen LogP contribution in [0.1, 0.15) is 18.4 Å². The molecule has 6 heteroatoms. The second-order valence-electron chi connectivity index (χ2n) is 7.49. The van der Waals surface area contributed by atoms with Crippen LogP contribution < -0.4 is 4.74 Å². The van der Waals surface area contributed by atoms with Crippen molar-refractivity contribution in [2.24, 2.45) is 5.92 Å². The summed E-state index contributed by atoms with van der Waals surface area (Å²) in [6, 6.07) is 8.23. The van der Waals surface area contributed by atoms with Gasteiger partial charge in [0, 0.05) is 44.8 Å². The van der Waals surface area contributed by atoms with Crippen molar-refractivity contribution < 1.29 is 14.6 Å². The lowest BCUT2D eigenvalue weighted by Gasteiger charge is -2.32. The normalized spacial score (nSPS) is 21.0. The number of carbonyl (C=O) groups is 1. The van der Waals surface area contributed by atoms with Gasteiger partial charge in [0.2, 0.25) is 0 Å². The highest BCUT2D eigenvalue weighted by molar-refractivity contribution is 5.70. The molecule has 2 saturated heterocycles. The van der Waals surface area contributed by atoms with E-state index in [-0.39, 0.29) is 5.92 Å². The van der Waals surface area contributed by atoms with Crippen molar-refractivity contribution in [3.8, 4) is 5.75 Å². The zero-order valence-electron chi connectivity index (χ0n) is 15.8. The van der Waals surface area contributed by atoms with Crippen LogP contribution in [0.5, 0.6) is 5.75 Å². The number of carboxylic acids is 1. The first kappa shape index (κ1) is 19.1. The number of piperidine rings is 1. The number of nitrogens with zero attached hydrogens (tertiary/aromatic N) is 3. The van der Waals surface area contributed by atoms with E-state index in [0.717, 1.165) is 70.9 Å². The summed E-state index contributed by atoms with van der Waals surface area (Å²) in [5.41, 5.74) is 1.19. The van der Waals surface area contributed by atoms with Gasteiger partial charge < -0.3 is 14.7 Å². The van der Waals surface area contributed by atoms with Crippen LogP contribution in [0.3, 0.4) is 0 Å². The number of rotatable bonds is 7. The molecule has 3 rings (SSSR count). The van der Waals surface area contributed by atoms with Crippen molar-refractivity contribution in [2.45, 2.75) is 19.4 Å². The third kappa shape index (κ3) is 5.43. The van der Waals surface area contributed by atoms with Crippen molar-refractivity contribution in [3.63, 3.8) is 0 Å². The van der Waals surface area contributed by atoms with Crippen LogP contribution in [0.2, 0.25) is 0 Å². The third-order valence-electron chi connectivity index (χ3n) is 5.56. The minimum absolute atomic E-state index is 0.179. The fraction of sp³-hybridized carbons (Fsp3) is 0.650. The molecule has 0 spiro atoms. The number of hydrogen-bond donors (Lipinski definition) is 1. The van der Waals surface area contributed by atoms with E-state index in [4.69, 9.17) is 9.84 Å². The maximum absolute atomic E-state index is 11.1. The molecule has 0 bridgehead atoms. The van der Waals surface area contributed by atoms with Gasteiger partial charge in [-0.2, -0.15) is 0 Å². The largest absolute Gasteiger partial charge is 0.492 e. The molecule has 6 nitrogen and oxygen atoms in total. The fourth-order valence-corrected chi connectivity index (χ4v) is 3.71. The number of carboxylic acid groups (broad SMARTS) is 1. The summed E-state index contributed by atoms with van der Waals surface area (Å²) >= 11 is 0. The average molecular weight is 361 g/mol. The molecular weight excluding hydrogens is 330 g/mol. The fourth-order valence-electron chi connectivity index (χ4n) is 3.71. The van der Waals surface area contributed by atoms with E-state index in [1.54, 1.807) is 0 Å². The number of likely N-dealkylation sites (N-methyl/N-ethyl adjacent to an activating group) is 1. The second-order valence-corrected chi connectivity index (χ2v) is 7.49. The number of hydrogen-bond acceptors (Lipinski definition) is 5. The van der Waals surface area contributed by atoms with Crippen molar-refractivity contribution in [1.29, 1.82) is 0 Å². The SMILES string of the molecule is CN1CCN(CCOc2ccccc2CN2CCC(C(=O)O)CC2)CC1. The highest BCUT2D eigenvalue weighted by Crippen LogP contribution is 2.24. The van der Waals surface area contributed by atoms with Gasteiger partial charge in [0.1, 0.15) is 12.4 Å². The first-order chi connectivity index (χ1) is 12.6. The zero-order valence-corrected chi connectivity index (χ0v) is 15.8. The minimum atomic E-state index is -0.655. The molecule has 1 aromatic carbocycles. The van der Waals surface area contributed by atoms with E-state index in [9.17, 15) is 4.79 Å². The van der Waals surface area contributed by atoms with Gasteiger partial charge in [0.05, 0.1) is 5.92 Å². The molecule has 0 aromatic heterocycles. The molecule has 1 aromatic rings. The molecule has 2 aliphatic rings. The van der Waals surface area contributed by atoms with Crippen LogP contribution >= 0.6 is 0 Å². The quantitative estimate of drug-likeness (QED) is 0.796. The lowest BCUT2D eigenvalue weighted by atomic mass is 9.97. The Hall–Kier alpha value is -1.63. The van der Waals surface area contributed by atoms with Gasteiger partial charge in [0.15, 0.2) is 0 Å². The van der Waals surface area contributed by atoms with E-state index in [1.165, 1.54) is 5.56 Å². The lowest BCUT2D eigenvalue weighted by Crippen LogP contribution is -2.45. The topological polar surface area (TPSA) is 56.2 Å². The van der Waals surface area contributed by atoms with Crippen LogP contribution in [-0.2, 0) is 11.3 Å². The summed E-state index contributed by atoms with van der Waals surface area (Å²) in [5.74, 6) is 0.126. The molecule has 0 aliphatic carbocycles. The van der Waals surface area contributed by atoms with Crippen LogP contribution in [0, 0.1) is 5.92 Å². The third-order valence-corrected chi connectivity index (χ3v) is 5.56. The van der Waals surface area contributed by atoms with Crippen LogP contribution in [0.4, 0.5) is 0 Å². The summed E-state index contributed by atoms with van der Waals surface area (Å²) in [6.07, 6.45) is 1.48. The molecule has 2 fully saturated rings. The first-order valence-corrected chi connectivity index (χ1v) is 9.68. The molecule has 0 atom stereocenters. The molecule has 2 heterocycles. The second kappa shape index (κ2) is 9.35. The summed E-state index contributed by atoms with van der Waals surface area (Å²) < 4.78 is 6.09. The van der Waals surface area contributed by atoms with Crippen molar-refractivity contribution in [3.05, 3.63) is 29.8 Å². The first-order valence-electron chi connectivity index (χ1n) is 9.68. The van der Waals surface area contributed by atoms with Crippen LogP contribution in [0.25, 0.3) is 0 Å². The smallest absolute Gasteiger partial charge is 0.306 e. The zero-order chi connectivity index (χ0) is 18.4. The van der Waals surface area contributed by atoms with Crippen molar-refractivity contribution in [1.82, 2.24) is 14.7 Å². The Morgan fingerprint density at radius 1 is 1.08 bits per heavy atom. The summed E-state index contributed by atoms with van der Waals surface area (Å²) in [6.45, 7) is 8.66. The number of likely N-dealkylation sites (tertiary alicyclic amines) is 1. The number of aliphatic carboxylic acids is 1. The van der Waals surface area contributed by atoms with Crippen LogP contribution in [-0.4, -0.2) is 85.2 Å². The predicted molar refractivity (Wildman–Crippen MR) is 102 cm³/mol. The van der Waals surface area contributed by atoms with E-state index in [2.05, 4.69) is 27.8 Å². The molecular formula is C20H31N3O3. The molecule has 2 aliphatic heterocycles. The van der Waals surface area contributed by atoms with Crippen molar-refractivity contribution >= 4 is 5.97 Å². The Morgan fingerprint density at radius 3 is 2.46 bits per heavy atom. The average Bonchev–Trinajstić information content (AvgIpc) is 2.65. The molecule has 1 N–H and O–H groups in total. The Bertz CT molecular complexity index is 579. The Morgan fingerprint density at radius 2 is 1.77 bits per heavy atom. The number of benzene rings is 1. The molecule has 0 saturated carbocycles. The standard InChI is InChI=1S/C20H31N3O3/c1-21-10-12-22(13-11-21)14-15-26-19-5-3-2-4-18(19)16-23-8-6-17(7-9-23)20(24)25/h2-5,17H,6-16H2,1H3,(H,24,25). The van der Waals surface area contributed by atoms with Gasteiger partial charge in [-0.05, 0) is 39.0 Å². The van der Waals surface area contributed by atoms with Gasteiger partial charge >= 0.3 is 5.97 Å². The van der Waals surface area contributed by atoms with Gasteiger partial charge in [-0.15, -0.1) is 0 Å². The lowest BCUT2D eigenvalue weighted by molar-refractivity contribution is -0.143. The summed E-state index contributed by atoms with van der Waals surface area (Å²) in [5, 5.41) is 9.13. The summed E-state index contributed by atoms with van der Waals surface area (Å²) in [4.78, 5) is 18.2. The molecule has 144 valence electrons. The van der Waals surface area contributed by atoms with Gasteiger partial charge in [-0.25, -0.2) is 0 Å². The number of para-hydroxylation sites is 1. The Kier molecular flexibility index (Phi) is 6.88. The maximum Gasteiger partial charge on any atom is 0.306 e. The molecule has 0 amide bonds. The van der Waals surface area contributed by atoms with E-state index in [1.807, 2.05) is 18.2 Å². The summed E-state index contributed by atoms with van der Waals surface area (Å²) in [7, 11) is 2.17. The highest BCUT2D eigenvalue weighted by atomic mass is 16.5. The molecule has 0 unspecified atom stereocenters. The minimum Gasteiger partial charge on any atom is -0.492 e. The molecule has 0 radical (unpaired) electrons. The number of ether oxygens (including phenoxy) is 1. The maximum atomic E-state index is 11.1. The van der Waals surface area contributed by atoms with E-state index in [0.29, 0.717) is 6.61 Å². The monoisotopic (exact) mass is 361 g/mol. The predicted octanol–water partition coefficient (Wildman–Crippen LogP) is 1.61. The van der Waals surface area contributed by atoms with Crippen molar-refractivity contribution in [2.75, 3.05) is 59.5 Å². The highest BCUT2D eigenvalue weighted by Gasteiger charge is 2.24. The van der Waals surface area contributed by atoms with Gasteiger partial charge in [0.25, 0.3) is 0 Å². The van der Waals surface area contributed by atoms with E-state index >= 15 is 0 Å². The van der Waals surface area contributed by atoms with Gasteiger partial charge in [-0.3, -0.25) is 14.6 Å². The Balaban J connectivity index is 1.46. The van der Waals surface area contributed by atoms with Crippen LogP contribution in [0.15, 0.2) is 24.3 Å².